The molecule has 0 aliphatic heterocycles. The van der Waals surface area contributed by atoms with Crippen molar-refractivity contribution in [3.05, 3.63) is 53.5 Å². The second kappa shape index (κ2) is 5.71. The summed E-state index contributed by atoms with van der Waals surface area (Å²) in [6.07, 6.45) is -0.0918. The zero-order chi connectivity index (χ0) is 15.6. The smallest absolute Gasteiger partial charge is 0.373 e. The molecule has 1 aromatic heterocycles. The molecule has 21 heavy (non-hydrogen) atoms. The molecule has 0 saturated heterocycles. The summed E-state index contributed by atoms with van der Waals surface area (Å²) in [5, 5.41) is 10.2. The third kappa shape index (κ3) is 3.32. The summed E-state index contributed by atoms with van der Waals surface area (Å²) in [6.45, 7) is 0. The monoisotopic (exact) mass is 310 g/mol. The number of carbonyl (C=O) groups is 1. The van der Waals surface area contributed by atoms with Crippen LogP contribution in [0.2, 0.25) is 0 Å². The second-order valence-electron chi connectivity index (χ2n) is 4.44. The van der Waals surface area contributed by atoms with Crippen LogP contribution in [0.15, 0.2) is 45.7 Å². The number of esters is 1. The van der Waals surface area contributed by atoms with Crippen molar-refractivity contribution < 1.29 is 27.5 Å². The molecule has 0 spiro atoms. The molecule has 0 bridgehead atoms. The molecule has 0 aliphatic carbocycles. The summed E-state index contributed by atoms with van der Waals surface area (Å²) < 4.78 is 32.7. The summed E-state index contributed by atoms with van der Waals surface area (Å²) in [7, 11) is -2.15. The number of ether oxygens (including phenoxy) is 1. The average Bonchev–Trinajstić information content (AvgIpc) is 2.94. The summed E-state index contributed by atoms with van der Waals surface area (Å²) in [5.74, 6) is -0.565. The first-order chi connectivity index (χ1) is 9.82. The normalized spacial score (nSPS) is 12.9. The number of aliphatic hydroxyl groups excluding tert-OH is 1. The first-order valence-corrected chi connectivity index (χ1v) is 7.88. The Morgan fingerprint density at radius 1 is 1.29 bits per heavy atom. The molecule has 1 N–H and O–H groups in total. The minimum absolute atomic E-state index is 0.0363. The highest BCUT2D eigenvalue weighted by Gasteiger charge is 2.19. The molecule has 0 radical (unpaired) electrons. The van der Waals surface area contributed by atoms with E-state index in [1.807, 2.05) is 0 Å². The van der Waals surface area contributed by atoms with Crippen LogP contribution < -0.4 is 0 Å². The van der Waals surface area contributed by atoms with E-state index in [1.165, 1.54) is 37.4 Å². The predicted octanol–water partition coefficient (Wildman–Crippen LogP) is 1.55. The maximum atomic E-state index is 11.5. The minimum Gasteiger partial charge on any atom is -0.463 e. The molecule has 1 heterocycles. The predicted molar refractivity (Wildman–Crippen MR) is 73.7 cm³/mol. The Labute approximate surface area is 121 Å². The third-order valence-electron chi connectivity index (χ3n) is 2.88. The largest absolute Gasteiger partial charge is 0.463 e. The zero-order valence-corrected chi connectivity index (χ0v) is 12.3. The highest BCUT2D eigenvalue weighted by Crippen LogP contribution is 2.25. The number of hydrogen-bond donors (Lipinski definition) is 1. The van der Waals surface area contributed by atoms with Gasteiger partial charge in [-0.2, -0.15) is 0 Å². The van der Waals surface area contributed by atoms with Gasteiger partial charge in [-0.1, -0.05) is 12.1 Å². The van der Waals surface area contributed by atoms with Crippen molar-refractivity contribution in [2.75, 3.05) is 13.4 Å². The molecule has 0 aliphatic rings. The van der Waals surface area contributed by atoms with Crippen LogP contribution >= 0.6 is 0 Å². The molecule has 0 amide bonds. The van der Waals surface area contributed by atoms with Crippen molar-refractivity contribution in [1.29, 1.82) is 0 Å². The maximum Gasteiger partial charge on any atom is 0.373 e. The van der Waals surface area contributed by atoms with Crippen LogP contribution in [0, 0.1) is 0 Å². The van der Waals surface area contributed by atoms with Gasteiger partial charge in [-0.05, 0) is 29.8 Å². The van der Waals surface area contributed by atoms with Crippen molar-refractivity contribution in [2.45, 2.75) is 11.0 Å². The van der Waals surface area contributed by atoms with Crippen LogP contribution in [0.1, 0.15) is 28.0 Å². The maximum absolute atomic E-state index is 11.5. The Kier molecular flexibility index (Phi) is 4.15. The number of benzene rings is 1. The number of furan rings is 1. The quantitative estimate of drug-likeness (QED) is 0.861. The molecule has 0 fully saturated rings. The standard InChI is InChI=1S/C14H14O6S/c1-19-14(16)12-7-6-11(20-12)13(15)9-4-3-5-10(8-9)21(2,17)18/h3-8,13,15H,1-2H3. The van der Waals surface area contributed by atoms with Gasteiger partial charge in [-0.3, -0.25) is 0 Å². The van der Waals surface area contributed by atoms with E-state index in [1.54, 1.807) is 6.07 Å². The van der Waals surface area contributed by atoms with Gasteiger partial charge in [0.2, 0.25) is 5.76 Å². The van der Waals surface area contributed by atoms with E-state index >= 15 is 0 Å². The number of hydrogen-bond acceptors (Lipinski definition) is 6. The molecule has 1 atom stereocenters. The van der Waals surface area contributed by atoms with Gasteiger partial charge in [-0.25, -0.2) is 13.2 Å². The fourth-order valence-corrected chi connectivity index (χ4v) is 2.47. The second-order valence-corrected chi connectivity index (χ2v) is 6.46. The van der Waals surface area contributed by atoms with Gasteiger partial charge in [0.15, 0.2) is 9.84 Å². The number of rotatable bonds is 4. The Morgan fingerprint density at radius 2 is 2.00 bits per heavy atom. The van der Waals surface area contributed by atoms with Crippen LogP contribution in [0.3, 0.4) is 0 Å². The zero-order valence-electron chi connectivity index (χ0n) is 11.4. The minimum atomic E-state index is -3.37. The molecule has 2 aromatic rings. The summed E-state index contributed by atoms with van der Waals surface area (Å²) in [6, 6.07) is 8.71. The number of aliphatic hydroxyl groups is 1. The first-order valence-electron chi connectivity index (χ1n) is 5.99. The summed E-state index contributed by atoms with van der Waals surface area (Å²) in [5.41, 5.74) is 0.351. The molecule has 112 valence electrons. The Bertz CT molecular complexity index is 759. The summed E-state index contributed by atoms with van der Waals surface area (Å²) in [4.78, 5) is 11.4. The van der Waals surface area contributed by atoms with Crippen molar-refractivity contribution in [1.82, 2.24) is 0 Å². The number of methoxy groups -OCH3 is 1. The Morgan fingerprint density at radius 3 is 2.62 bits per heavy atom. The average molecular weight is 310 g/mol. The SMILES string of the molecule is COC(=O)c1ccc(C(O)c2cccc(S(C)(=O)=O)c2)o1. The molecule has 1 aromatic carbocycles. The first kappa shape index (κ1) is 15.3. The van der Waals surface area contributed by atoms with Gasteiger partial charge in [0.05, 0.1) is 12.0 Å². The van der Waals surface area contributed by atoms with Gasteiger partial charge in [0.1, 0.15) is 11.9 Å². The van der Waals surface area contributed by atoms with Gasteiger partial charge in [0, 0.05) is 6.26 Å². The van der Waals surface area contributed by atoms with E-state index in [9.17, 15) is 18.3 Å². The van der Waals surface area contributed by atoms with Gasteiger partial charge < -0.3 is 14.3 Å². The van der Waals surface area contributed by atoms with Gasteiger partial charge in [0.25, 0.3) is 0 Å². The molecule has 0 saturated carbocycles. The van der Waals surface area contributed by atoms with E-state index in [2.05, 4.69) is 4.74 Å². The van der Waals surface area contributed by atoms with E-state index in [-0.39, 0.29) is 16.4 Å². The Hall–Kier alpha value is -2.12. The van der Waals surface area contributed by atoms with E-state index in [0.717, 1.165) is 6.26 Å². The van der Waals surface area contributed by atoms with Crippen molar-refractivity contribution in [2.24, 2.45) is 0 Å². The van der Waals surface area contributed by atoms with Crippen molar-refractivity contribution in [3.8, 4) is 0 Å². The lowest BCUT2D eigenvalue weighted by molar-refractivity contribution is 0.0558. The molecule has 1 unspecified atom stereocenters. The van der Waals surface area contributed by atoms with Crippen molar-refractivity contribution in [3.63, 3.8) is 0 Å². The van der Waals surface area contributed by atoms with Crippen molar-refractivity contribution >= 4 is 15.8 Å². The van der Waals surface area contributed by atoms with Crippen LogP contribution in [0.25, 0.3) is 0 Å². The topological polar surface area (TPSA) is 93.8 Å². The van der Waals surface area contributed by atoms with Gasteiger partial charge >= 0.3 is 5.97 Å². The molecular weight excluding hydrogens is 296 g/mol. The Balaban J connectivity index is 2.34. The molecule has 7 heteroatoms. The fourth-order valence-electron chi connectivity index (χ4n) is 1.79. The number of carbonyl (C=O) groups excluding carboxylic acids is 1. The van der Waals surface area contributed by atoms with Crippen LogP contribution in [-0.2, 0) is 14.6 Å². The fraction of sp³-hybridized carbons (Fsp3) is 0.214. The van der Waals surface area contributed by atoms with E-state index < -0.39 is 21.9 Å². The molecule has 2 rings (SSSR count). The van der Waals surface area contributed by atoms with Crippen LogP contribution in [0.5, 0.6) is 0 Å². The lowest BCUT2D eigenvalue weighted by Gasteiger charge is -2.09. The van der Waals surface area contributed by atoms with E-state index in [4.69, 9.17) is 4.42 Å². The van der Waals surface area contributed by atoms with Crippen LogP contribution in [-0.4, -0.2) is 32.9 Å². The highest BCUT2D eigenvalue weighted by molar-refractivity contribution is 7.90. The third-order valence-corrected chi connectivity index (χ3v) is 4.00. The summed E-state index contributed by atoms with van der Waals surface area (Å²) >= 11 is 0. The van der Waals surface area contributed by atoms with Gasteiger partial charge in [-0.15, -0.1) is 0 Å². The lowest BCUT2D eigenvalue weighted by atomic mass is 10.1. The highest BCUT2D eigenvalue weighted by atomic mass is 32.2. The number of sulfone groups is 1. The van der Waals surface area contributed by atoms with E-state index in [0.29, 0.717) is 5.56 Å². The van der Waals surface area contributed by atoms with Crippen LogP contribution in [0.4, 0.5) is 0 Å². The lowest BCUT2D eigenvalue weighted by Crippen LogP contribution is -2.03. The molecule has 6 nitrogen and oxygen atoms in total. The molecular formula is C14H14O6S.